The van der Waals surface area contributed by atoms with E-state index in [9.17, 15) is 9.18 Å². The lowest BCUT2D eigenvalue weighted by Gasteiger charge is -2.17. The topological polar surface area (TPSA) is 59.9 Å². The first-order valence-electron chi connectivity index (χ1n) is 9.04. The molecular weight excluding hydrogens is 459 g/mol. The Morgan fingerprint density at radius 1 is 1.28 bits per heavy atom. The van der Waals surface area contributed by atoms with Crippen LogP contribution in [0.2, 0.25) is 0 Å². The van der Waals surface area contributed by atoms with Crippen LogP contribution in [-0.2, 0) is 4.79 Å². The molecule has 8 heteroatoms. The molecule has 1 aliphatic rings. The number of hydrogen-bond acceptors (Lipinski definition) is 5. The predicted octanol–water partition coefficient (Wildman–Crippen LogP) is 5.67. The van der Waals surface area contributed by atoms with Gasteiger partial charge < -0.3 is 14.8 Å². The van der Waals surface area contributed by atoms with Crippen LogP contribution < -0.4 is 14.8 Å². The molecule has 0 unspecified atom stereocenters. The molecule has 1 N–H and O–H groups in total. The Bertz CT molecular complexity index is 975. The molecule has 5 nitrogen and oxygen atoms in total. The number of nitrogens with one attached hydrogen (secondary N) is 1. The maximum atomic E-state index is 13.0. The van der Waals surface area contributed by atoms with E-state index in [2.05, 4.69) is 26.2 Å². The first-order valence-corrected chi connectivity index (χ1v) is 10.6. The third-order valence-corrected chi connectivity index (χ3v) is 5.19. The van der Waals surface area contributed by atoms with Gasteiger partial charge in [-0.05, 0) is 96.5 Å². The molecular formula is C21H20BrFN2O3S. The molecule has 2 aromatic carbocycles. The van der Waals surface area contributed by atoms with Gasteiger partial charge in [0.1, 0.15) is 5.82 Å². The molecule has 1 fully saturated rings. The molecule has 0 bridgehead atoms. The number of carbonyl (C=O) groups excluding carboxylic acids is 1. The zero-order chi connectivity index (χ0) is 21.0. The minimum atomic E-state index is -0.335. The maximum absolute atomic E-state index is 13.0. The van der Waals surface area contributed by atoms with Gasteiger partial charge in [-0.3, -0.25) is 4.79 Å². The van der Waals surface area contributed by atoms with Crippen LogP contribution in [0.25, 0.3) is 6.08 Å². The van der Waals surface area contributed by atoms with Crippen LogP contribution >= 0.6 is 27.7 Å². The van der Waals surface area contributed by atoms with Crippen molar-refractivity contribution in [2.45, 2.75) is 26.9 Å². The molecule has 1 saturated heterocycles. The van der Waals surface area contributed by atoms with Gasteiger partial charge in [0.25, 0.3) is 5.91 Å². The van der Waals surface area contributed by atoms with E-state index in [1.807, 2.05) is 32.9 Å². The number of nitrogens with zero attached hydrogens (tertiary/aromatic N) is 1. The standard InChI is InChI=1S/C21H20BrFN2O3S/c1-4-27-17-10-13(9-16(22)19(17)28-12(2)3)11-18-20(26)25-21(29-18)24-15-7-5-14(23)6-8-15/h5-12H,4H2,1-3H3,(H,24,25,26)/b18-11+. The summed E-state index contributed by atoms with van der Waals surface area (Å²) in [4.78, 5) is 17.2. The average molecular weight is 479 g/mol. The second kappa shape index (κ2) is 9.45. The van der Waals surface area contributed by atoms with Gasteiger partial charge in [-0.15, -0.1) is 0 Å². The van der Waals surface area contributed by atoms with Crippen LogP contribution in [0.1, 0.15) is 26.3 Å². The molecule has 1 amide bonds. The molecule has 0 radical (unpaired) electrons. The largest absolute Gasteiger partial charge is 0.490 e. The van der Waals surface area contributed by atoms with Gasteiger partial charge in [0.2, 0.25) is 0 Å². The molecule has 0 saturated carbocycles. The normalized spacial score (nSPS) is 16.6. The summed E-state index contributed by atoms with van der Waals surface area (Å²) in [6.45, 7) is 6.28. The zero-order valence-electron chi connectivity index (χ0n) is 16.2. The summed E-state index contributed by atoms with van der Waals surface area (Å²) in [5.74, 6) is 0.655. The monoisotopic (exact) mass is 478 g/mol. The lowest BCUT2D eigenvalue weighted by atomic mass is 10.2. The highest BCUT2D eigenvalue weighted by atomic mass is 79.9. The van der Waals surface area contributed by atoms with E-state index in [1.165, 1.54) is 23.9 Å². The van der Waals surface area contributed by atoms with Crippen molar-refractivity contribution < 1.29 is 18.7 Å². The fraction of sp³-hybridized carbons (Fsp3) is 0.238. The van der Waals surface area contributed by atoms with E-state index in [-0.39, 0.29) is 17.8 Å². The number of amidine groups is 1. The molecule has 29 heavy (non-hydrogen) atoms. The number of rotatable bonds is 6. The predicted molar refractivity (Wildman–Crippen MR) is 118 cm³/mol. The molecule has 0 spiro atoms. The summed E-state index contributed by atoms with van der Waals surface area (Å²) in [6.07, 6.45) is 1.76. The van der Waals surface area contributed by atoms with Gasteiger partial charge in [0.15, 0.2) is 16.7 Å². The quantitative estimate of drug-likeness (QED) is 0.543. The van der Waals surface area contributed by atoms with Crippen LogP contribution in [0.4, 0.5) is 10.1 Å². The highest BCUT2D eigenvalue weighted by Crippen LogP contribution is 2.39. The maximum Gasteiger partial charge on any atom is 0.264 e. The van der Waals surface area contributed by atoms with Crippen molar-refractivity contribution in [1.82, 2.24) is 5.32 Å². The zero-order valence-corrected chi connectivity index (χ0v) is 18.6. The van der Waals surface area contributed by atoms with Gasteiger partial charge in [-0.2, -0.15) is 0 Å². The van der Waals surface area contributed by atoms with Crippen molar-refractivity contribution >= 4 is 50.5 Å². The summed E-state index contributed by atoms with van der Waals surface area (Å²) in [5, 5.41) is 3.16. The minimum absolute atomic E-state index is 0.00360. The van der Waals surface area contributed by atoms with Gasteiger partial charge in [-0.25, -0.2) is 9.38 Å². The first-order chi connectivity index (χ1) is 13.9. The van der Waals surface area contributed by atoms with Gasteiger partial charge in [-0.1, -0.05) is 0 Å². The second-order valence-electron chi connectivity index (χ2n) is 6.39. The summed E-state index contributed by atoms with van der Waals surface area (Å²) in [6, 6.07) is 9.46. The average Bonchev–Trinajstić information content (AvgIpc) is 2.99. The van der Waals surface area contributed by atoms with Crippen molar-refractivity contribution in [2.24, 2.45) is 4.99 Å². The van der Waals surface area contributed by atoms with Crippen LogP contribution in [0.5, 0.6) is 11.5 Å². The van der Waals surface area contributed by atoms with Gasteiger partial charge >= 0.3 is 0 Å². The van der Waals surface area contributed by atoms with Crippen LogP contribution in [0, 0.1) is 5.82 Å². The number of thioether (sulfide) groups is 1. The van der Waals surface area contributed by atoms with Gasteiger partial charge in [0, 0.05) is 0 Å². The van der Waals surface area contributed by atoms with Crippen molar-refractivity contribution in [3.63, 3.8) is 0 Å². The number of hydrogen-bond donors (Lipinski definition) is 1. The third kappa shape index (κ3) is 5.61. The summed E-state index contributed by atoms with van der Waals surface area (Å²) in [7, 11) is 0. The van der Waals surface area contributed by atoms with E-state index in [0.717, 1.165) is 10.0 Å². The van der Waals surface area contributed by atoms with Crippen LogP contribution in [0.3, 0.4) is 0 Å². The molecule has 0 aliphatic carbocycles. The van der Waals surface area contributed by atoms with E-state index in [1.54, 1.807) is 18.2 Å². The van der Waals surface area contributed by atoms with Gasteiger partial charge in [0.05, 0.1) is 27.8 Å². The third-order valence-electron chi connectivity index (χ3n) is 3.69. The summed E-state index contributed by atoms with van der Waals surface area (Å²) in [5.41, 5.74) is 1.35. The first kappa shape index (κ1) is 21.4. The van der Waals surface area contributed by atoms with Crippen molar-refractivity contribution in [3.05, 3.63) is 57.2 Å². The highest BCUT2D eigenvalue weighted by molar-refractivity contribution is 9.10. The number of halogens is 2. The molecule has 0 aromatic heterocycles. The Balaban J connectivity index is 1.87. The smallest absolute Gasteiger partial charge is 0.264 e. The highest BCUT2D eigenvalue weighted by Gasteiger charge is 2.24. The lowest BCUT2D eigenvalue weighted by Crippen LogP contribution is -2.19. The number of carbonyl (C=O) groups is 1. The van der Waals surface area contributed by atoms with E-state index < -0.39 is 0 Å². The second-order valence-corrected chi connectivity index (χ2v) is 8.27. The minimum Gasteiger partial charge on any atom is -0.490 e. The number of benzene rings is 2. The number of amides is 1. The van der Waals surface area contributed by atoms with E-state index in [4.69, 9.17) is 9.47 Å². The lowest BCUT2D eigenvalue weighted by molar-refractivity contribution is -0.115. The fourth-order valence-electron chi connectivity index (χ4n) is 2.55. The van der Waals surface area contributed by atoms with Crippen LogP contribution in [0.15, 0.2) is 50.8 Å². The van der Waals surface area contributed by atoms with E-state index in [0.29, 0.717) is 33.9 Å². The fourth-order valence-corrected chi connectivity index (χ4v) is 3.94. The Hall–Kier alpha value is -2.32. The van der Waals surface area contributed by atoms with E-state index >= 15 is 0 Å². The molecule has 0 atom stereocenters. The Morgan fingerprint density at radius 3 is 2.66 bits per heavy atom. The Kier molecular flexibility index (Phi) is 6.97. The Morgan fingerprint density at radius 2 is 2.00 bits per heavy atom. The molecule has 1 aliphatic heterocycles. The Labute approximate surface area is 181 Å². The molecule has 3 rings (SSSR count). The molecule has 2 aromatic rings. The number of aliphatic imine (C=N–C) groups is 1. The summed E-state index contributed by atoms with van der Waals surface area (Å²) >= 11 is 4.75. The van der Waals surface area contributed by atoms with Crippen LogP contribution in [-0.4, -0.2) is 23.8 Å². The van der Waals surface area contributed by atoms with Crippen molar-refractivity contribution in [1.29, 1.82) is 0 Å². The molecule has 1 heterocycles. The number of ether oxygens (including phenoxy) is 2. The SMILES string of the molecule is CCOc1cc(/C=C2/SC(=Nc3ccc(F)cc3)NC2=O)cc(Br)c1OC(C)C. The summed E-state index contributed by atoms with van der Waals surface area (Å²) < 4.78 is 25.3. The van der Waals surface area contributed by atoms with Crippen molar-refractivity contribution in [2.75, 3.05) is 6.61 Å². The van der Waals surface area contributed by atoms with Crippen molar-refractivity contribution in [3.8, 4) is 11.5 Å². The molecule has 152 valence electrons.